The number of carbonyl (C=O) groups excluding carboxylic acids is 1. The number of urea groups is 1. The molecule has 0 bridgehead atoms. The predicted octanol–water partition coefficient (Wildman–Crippen LogP) is 3.26. The van der Waals surface area contributed by atoms with Crippen LogP contribution in [0, 0.1) is 0 Å². The summed E-state index contributed by atoms with van der Waals surface area (Å²) in [6.07, 6.45) is 2.07. The summed E-state index contributed by atoms with van der Waals surface area (Å²) in [6.45, 7) is 9.39. The average molecular weight is 316 g/mol. The molecule has 3 rings (SSSR count). The summed E-state index contributed by atoms with van der Waals surface area (Å²) in [5, 5.41) is 8.54. The molecule has 1 N–H and O–H groups in total. The van der Waals surface area contributed by atoms with Crippen molar-refractivity contribution in [3.05, 3.63) is 24.4 Å². The van der Waals surface area contributed by atoms with Crippen LogP contribution in [0.5, 0.6) is 0 Å². The van der Waals surface area contributed by atoms with E-state index in [0.717, 1.165) is 16.6 Å². The van der Waals surface area contributed by atoms with Gasteiger partial charge in [0, 0.05) is 29.9 Å². The molecule has 1 aromatic carbocycles. The minimum absolute atomic E-state index is 0.0567. The Morgan fingerprint density at radius 2 is 2.17 bits per heavy atom. The quantitative estimate of drug-likeness (QED) is 0.925. The van der Waals surface area contributed by atoms with Crippen molar-refractivity contribution in [3.8, 4) is 0 Å². The first kappa shape index (κ1) is 15.8. The van der Waals surface area contributed by atoms with E-state index in [1.54, 1.807) is 0 Å². The Hall–Kier alpha value is -2.08. The zero-order valence-corrected chi connectivity index (χ0v) is 14.1. The molecule has 0 spiro atoms. The van der Waals surface area contributed by atoms with Crippen LogP contribution in [0.15, 0.2) is 24.4 Å². The highest BCUT2D eigenvalue weighted by Gasteiger charge is 2.29. The third kappa shape index (κ3) is 3.17. The van der Waals surface area contributed by atoms with E-state index in [2.05, 4.69) is 24.3 Å². The Balaban J connectivity index is 1.76. The highest BCUT2D eigenvalue weighted by atomic mass is 16.5. The SMILES string of the molecule is CC(C)n1cc2cc(NC(=O)N3CCO[C@H](C)[C@@H]3C)ccc2n1. The molecule has 2 heterocycles. The number of nitrogens with one attached hydrogen (secondary N) is 1. The number of rotatable bonds is 2. The lowest BCUT2D eigenvalue weighted by Crippen LogP contribution is -2.52. The molecule has 1 aliphatic rings. The fourth-order valence-electron chi connectivity index (χ4n) is 2.80. The largest absolute Gasteiger partial charge is 0.375 e. The molecule has 2 aromatic rings. The van der Waals surface area contributed by atoms with Gasteiger partial charge in [0.2, 0.25) is 0 Å². The first-order chi connectivity index (χ1) is 11.0. The van der Waals surface area contributed by atoms with Gasteiger partial charge < -0.3 is 15.0 Å². The Labute approximate surface area is 136 Å². The van der Waals surface area contributed by atoms with Gasteiger partial charge in [0.1, 0.15) is 0 Å². The van der Waals surface area contributed by atoms with Crippen molar-refractivity contribution in [2.45, 2.75) is 45.9 Å². The molecule has 0 radical (unpaired) electrons. The number of anilines is 1. The molecule has 1 aliphatic heterocycles. The van der Waals surface area contributed by atoms with E-state index in [1.165, 1.54) is 0 Å². The summed E-state index contributed by atoms with van der Waals surface area (Å²) < 4.78 is 7.50. The van der Waals surface area contributed by atoms with Crippen LogP contribution in [0.25, 0.3) is 10.9 Å². The van der Waals surface area contributed by atoms with Gasteiger partial charge in [-0.3, -0.25) is 4.68 Å². The summed E-state index contributed by atoms with van der Waals surface area (Å²) in [5.41, 5.74) is 1.72. The van der Waals surface area contributed by atoms with Crippen molar-refractivity contribution in [1.82, 2.24) is 14.7 Å². The third-order valence-electron chi connectivity index (χ3n) is 4.45. The molecule has 2 amide bonds. The topological polar surface area (TPSA) is 59.4 Å². The van der Waals surface area contributed by atoms with E-state index < -0.39 is 0 Å². The van der Waals surface area contributed by atoms with Crippen molar-refractivity contribution in [2.75, 3.05) is 18.5 Å². The van der Waals surface area contributed by atoms with Gasteiger partial charge in [-0.1, -0.05) is 0 Å². The number of hydrogen-bond donors (Lipinski definition) is 1. The van der Waals surface area contributed by atoms with E-state index in [9.17, 15) is 4.79 Å². The number of carbonyl (C=O) groups is 1. The molecule has 23 heavy (non-hydrogen) atoms. The van der Waals surface area contributed by atoms with Crippen LogP contribution in [-0.2, 0) is 4.74 Å². The summed E-state index contributed by atoms with van der Waals surface area (Å²) in [4.78, 5) is 14.3. The van der Waals surface area contributed by atoms with Crippen molar-refractivity contribution in [3.63, 3.8) is 0 Å². The number of morpholine rings is 1. The molecular weight excluding hydrogens is 292 g/mol. The Bertz CT molecular complexity index is 710. The number of benzene rings is 1. The van der Waals surface area contributed by atoms with Gasteiger partial charge in [-0.25, -0.2) is 4.79 Å². The van der Waals surface area contributed by atoms with E-state index in [1.807, 2.05) is 47.8 Å². The maximum Gasteiger partial charge on any atom is 0.322 e. The number of fused-ring (bicyclic) bond motifs is 1. The first-order valence-corrected chi connectivity index (χ1v) is 8.14. The van der Waals surface area contributed by atoms with E-state index in [-0.39, 0.29) is 18.2 Å². The van der Waals surface area contributed by atoms with Gasteiger partial charge in [-0.15, -0.1) is 0 Å². The summed E-state index contributed by atoms with van der Waals surface area (Å²) >= 11 is 0. The molecule has 6 heteroatoms. The fourth-order valence-corrected chi connectivity index (χ4v) is 2.80. The van der Waals surface area contributed by atoms with Crippen LogP contribution in [0.4, 0.5) is 10.5 Å². The van der Waals surface area contributed by atoms with Gasteiger partial charge in [0.05, 0.1) is 24.3 Å². The number of aromatic nitrogens is 2. The molecule has 6 nitrogen and oxygen atoms in total. The highest BCUT2D eigenvalue weighted by Crippen LogP contribution is 2.21. The normalized spacial score (nSPS) is 21.9. The lowest BCUT2D eigenvalue weighted by Gasteiger charge is -2.37. The smallest absolute Gasteiger partial charge is 0.322 e. The number of nitrogens with zero attached hydrogens (tertiary/aromatic N) is 3. The van der Waals surface area contributed by atoms with Crippen LogP contribution in [-0.4, -0.2) is 46.0 Å². The highest BCUT2D eigenvalue weighted by molar-refractivity contribution is 5.92. The second-order valence-electron chi connectivity index (χ2n) is 6.42. The predicted molar refractivity (Wildman–Crippen MR) is 90.7 cm³/mol. The van der Waals surface area contributed by atoms with Crippen molar-refractivity contribution in [1.29, 1.82) is 0 Å². The minimum atomic E-state index is -0.0803. The van der Waals surface area contributed by atoms with Crippen LogP contribution in [0.1, 0.15) is 33.7 Å². The molecule has 1 fully saturated rings. The Kier molecular flexibility index (Phi) is 4.26. The fraction of sp³-hybridized carbons (Fsp3) is 0.529. The average Bonchev–Trinajstić information content (AvgIpc) is 2.93. The van der Waals surface area contributed by atoms with Crippen molar-refractivity contribution >= 4 is 22.6 Å². The molecular formula is C17H24N4O2. The van der Waals surface area contributed by atoms with Gasteiger partial charge in [-0.2, -0.15) is 5.10 Å². The van der Waals surface area contributed by atoms with Crippen molar-refractivity contribution < 1.29 is 9.53 Å². The standard InChI is InChI=1S/C17H24N4O2/c1-11(2)21-10-14-9-15(5-6-16(14)19-21)18-17(22)20-7-8-23-13(4)12(20)3/h5-6,9-13H,7-8H2,1-4H3,(H,18,22)/t12-,13+/m0/s1. The molecule has 0 unspecified atom stereocenters. The minimum Gasteiger partial charge on any atom is -0.375 e. The maximum absolute atomic E-state index is 12.5. The van der Waals surface area contributed by atoms with E-state index in [4.69, 9.17) is 4.74 Å². The first-order valence-electron chi connectivity index (χ1n) is 8.14. The van der Waals surface area contributed by atoms with Crippen LogP contribution in [0.2, 0.25) is 0 Å². The lowest BCUT2D eigenvalue weighted by atomic mass is 10.1. The van der Waals surface area contributed by atoms with E-state index >= 15 is 0 Å². The summed E-state index contributed by atoms with van der Waals surface area (Å²) in [6, 6.07) is 6.10. The van der Waals surface area contributed by atoms with Gasteiger partial charge in [-0.05, 0) is 45.9 Å². The summed E-state index contributed by atoms with van der Waals surface area (Å²) in [7, 11) is 0. The maximum atomic E-state index is 12.5. The monoisotopic (exact) mass is 316 g/mol. The number of ether oxygens (including phenoxy) is 1. The zero-order chi connectivity index (χ0) is 16.6. The van der Waals surface area contributed by atoms with Crippen molar-refractivity contribution in [2.24, 2.45) is 0 Å². The van der Waals surface area contributed by atoms with Crippen LogP contribution < -0.4 is 5.32 Å². The Morgan fingerprint density at radius 3 is 2.91 bits per heavy atom. The number of hydrogen-bond acceptors (Lipinski definition) is 3. The lowest BCUT2D eigenvalue weighted by molar-refractivity contribution is -0.0355. The zero-order valence-electron chi connectivity index (χ0n) is 14.1. The third-order valence-corrected chi connectivity index (χ3v) is 4.45. The van der Waals surface area contributed by atoms with Gasteiger partial charge >= 0.3 is 6.03 Å². The molecule has 0 aliphatic carbocycles. The second-order valence-corrected chi connectivity index (χ2v) is 6.42. The molecule has 1 aromatic heterocycles. The number of amides is 2. The van der Waals surface area contributed by atoms with E-state index in [0.29, 0.717) is 19.2 Å². The summed E-state index contributed by atoms with van der Waals surface area (Å²) in [5.74, 6) is 0. The molecule has 2 atom stereocenters. The molecule has 0 saturated carbocycles. The van der Waals surface area contributed by atoms with Crippen LogP contribution >= 0.6 is 0 Å². The van der Waals surface area contributed by atoms with Crippen LogP contribution in [0.3, 0.4) is 0 Å². The second kappa shape index (κ2) is 6.20. The molecule has 1 saturated heterocycles. The Morgan fingerprint density at radius 1 is 1.39 bits per heavy atom. The van der Waals surface area contributed by atoms with Gasteiger partial charge in [0.25, 0.3) is 0 Å². The van der Waals surface area contributed by atoms with Gasteiger partial charge in [0.15, 0.2) is 0 Å². The molecule has 124 valence electrons.